The average molecular weight is 231 g/mol. The van der Waals surface area contributed by atoms with Crippen molar-refractivity contribution in [2.24, 2.45) is 5.92 Å². The van der Waals surface area contributed by atoms with Gasteiger partial charge in [-0.2, -0.15) is 0 Å². The Labute approximate surface area is 103 Å². The number of rotatable bonds is 3. The molecule has 0 amide bonds. The molecule has 2 heteroatoms. The molecule has 0 aromatic heterocycles. The maximum absolute atomic E-state index is 5.94. The fraction of sp³-hybridized carbons (Fsp3) is 0.600. The van der Waals surface area contributed by atoms with E-state index in [9.17, 15) is 0 Å². The molecule has 0 radical (unpaired) electrons. The molecule has 0 unspecified atom stereocenters. The predicted octanol–water partition coefficient (Wildman–Crippen LogP) is 2.55. The van der Waals surface area contributed by atoms with Crippen LogP contribution in [0, 0.1) is 5.92 Å². The number of benzene rings is 1. The van der Waals surface area contributed by atoms with Crippen molar-refractivity contribution in [2.75, 3.05) is 19.7 Å². The zero-order valence-electron chi connectivity index (χ0n) is 10.4. The summed E-state index contributed by atoms with van der Waals surface area (Å²) in [5, 5.41) is 3.39. The Bertz CT molecular complexity index is 383. The summed E-state index contributed by atoms with van der Waals surface area (Å²) >= 11 is 0. The largest absolute Gasteiger partial charge is 0.493 e. The molecule has 92 valence electrons. The molecule has 0 bridgehead atoms. The van der Waals surface area contributed by atoms with E-state index in [2.05, 4.69) is 23.5 Å². The number of fused-ring (bicyclic) bond motifs is 1. The van der Waals surface area contributed by atoms with Crippen molar-refractivity contribution in [3.05, 3.63) is 29.3 Å². The Morgan fingerprint density at radius 3 is 2.82 bits per heavy atom. The number of aryl methyl sites for hydroxylation is 2. The lowest BCUT2D eigenvalue weighted by Crippen LogP contribution is -2.30. The van der Waals surface area contributed by atoms with Gasteiger partial charge < -0.3 is 10.1 Å². The minimum Gasteiger partial charge on any atom is -0.493 e. The lowest BCUT2D eigenvalue weighted by atomic mass is 9.99. The van der Waals surface area contributed by atoms with E-state index in [4.69, 9.17) is 4.74 Å². The highest BCUT2D eigenvalue weighted by molar-refractivity contribution is 5.38. The molecule has 1 aliphatic carbocycles. The van der Waals surface area contributed by atoms with E-state index in [-0.39, 0.29) is 0 Å². The highest BCUT2D eigenvalue weighted by Gasteiger charge is 2.15. The van der Waals surface area contributed by atoms with Crippen molar-refractivity contribution in [3.63, 3.8) is 0 Å². The minimum absolute atomic E-state index is 0.740. The van der Waals surface area contributed by atoms with Crippen LogP contribution in [0.4, 0.5) is 0 Å². The van der Waals surface area contributed by atoms with Crippen LogP contribution in [0.15, 0.2) is 18.2 Å². The van der Waals surface area contributed by atoms with Gasteiger partial charge in [-0.1, -0.05) is 6.07 Å². The van der Waals surface area contributed by atoms with Gasteiger partial charge in [-0.25, -0.2) is 0 Å². The second-order valence-corrected chi connectivity index (χ2v) is 5.29. The minimum atomic E-state index is 0.740. The van der Waals surface area contributed by atoms with Gasteiger partial charge in [-0.3, -0.25) is 0 Å². The van der Waals surface area contributed by atoms with Crippen LogP contribution in [-0.4, -0.2) is 19.7 Å². The Kier molecular flexibility index (Phi) is 3.32. The number of hydrogen-bond donors (Lipinski definition) is 1. The molecule has 1 aromatic carbocycles. The molecular formula is C15H21NO. The van der Waals surface area contributed by atoms with Gasteiger partial charge in [-0.15, -0.1) is 0 Å². The van der Waals surface area contributed by atoms with E-state index in [0.29, 0.717) is 0 Å². The average Bonchev–Trinajstić information content (AvgIpc) is 2.85. The van der Waals surface area contributed by atoms with Crippen LogP contribution in [-0.2, 0) is 12.8 Å². The van der Waals surface area contributed by atoms with E-state index < -0.39 is 0 Å². The molecule has 1 N–H and O–H groups in total. The van der Waals surface area contributed by atoms with Gasteiger partial charge in [0.15, 0.2) is 0 Å². The van der Waals surface area contributed by atoms with E-state index in [0.717, 1.165) is 31.4 Å². The zero-order valence-corrected chi connectivity index (χ0v) is 10.4. The summed E-state index contributed by atoms with van der Waals surface area (Å²) in [5.41, 5.74) is 3.03. The molecule has 1 fully saturated rings. The molecule has 17 heavy (non-hydrogen) atoms. The normalized spacial score (nSPS) is 20.2. The first-order chi connectivity index (χ1) is 8.42. The highest BCUT2D eigenvalue weighted by Crippen LogP contribution is 2.26. The maximum Gasteiger partial charge on any atom is 0.119 e. The van der Waals surface area contributed by atoms with Gasteiger partial charge in [0.05, 0.1) is 6.61 Å². The Morgan fingerprint density at radius 2 is 1.94 bits per heavy atom. The summed E-state index contributed by atoms with van der Waals surface area (Å²) in [6, 6.07) is 6.65. The molecule has 1 heterocycles. The van der Waals surface area contributed by atoms with Crippen LogP contribution in [0.2, 0.25) is 0 Å². The third-order valence-corrected chi connectivity index (χ3v) is 4.01. The fourth-order valence-electron chi connectivity index (χ4n) is 2.90. The number of ether oxygens (including phenoxy) is 1. The topological polar surface area (TPSA) is 21.3 Å². The smallest absolute Gasteiger partial charge is 0.119 e. The van der Waals surface area contributed by atoms with Crippen LogP contribution < -0.4 is 10.1 Å². The summed E-state index contributed by atoms with van der Waals surface area (Å²) < 4.78 is 5.94. The van der Waals surface area contributed by atoms with Crippen LogP contribution in [0.25, 0.3) is 0 Å². The Hall–Kier alpha value is -1.02. The van der Waals surface area contributed by atoms with Crippen molar-refractivity contribution < 1.29 is 4.74 Å². The molecule has 1 saturated heterocycles. The fourth-order valence-corrected chi connectivity index (χ4v) is 2.90. The lowest BCUT2D eigenvalue weighted by Gasteiger charge is -2.22. The molecule has 0 spiro atoms. The Morgan fingerprint density at radius 1 is 1.12 bits per heavy atom. The summed E-state index contributed by atoms with van der Waals surface area (Å²) in [6.45, 7) is 3.19. The molecule has 0 atom stereocenters. The van der Waals surface area contributed by atoms with Crippen LogP contribution in [0.1, 0.15) is 30.4 Å². The maximum atomic E-state index is 5.94. The zero-order chi connectivity index (χ0) is 11.5. The molecule has 2 nitrogen and oxygen atoms in total. The molecular weight excluding hydrogens is 210 g/mol. The third kappa shape index (κ3) is 2.63. The van der Waals surface area contributed by atoms with Gasteiger partial charge in [-0.05, 0) is 74.4 Å². The van der Waals surface area contributed by atoms with Gasteiger partial charge in [0, 0.05) is 0 Å². The van der Waals surface area contributed by atoms with Gasteiger partial charge in [0.2, 0.25) is 0 Å². The molecule has 0 saturated carbocycles. The third-order valence-electron chi connectivity index (χ3n) is 4.01. The van der Waals surface area contributed by atoms with Gasteiger partial charge in [0.25, 0.3) is 0 Å². The standard InChI is InChI=1S/C15H21NO/c1-2-13-4-5-15(10-14(13)3-1)17-11-12-6-8-16-9-7-12/h4-5,10,12,16H,1-3,6-9,11H2. The van der Waals surface area contributed by atoms with Crippen molar-refractivity contribution in [2.45, 2.75) is 32.1 Å². The van der Waals surface area contributed by atoms with Gasteiger partial charge >= 0.3 is 0 Å². The predicted molar refractivity (Wildman–Crippen MR) is 69.6 cm³/mol. The van der Waals surface area contributed by atoms with Crippen molar-refractivity contribution in [1.29, 1.82) is 0 Å². The van der Waals surface area contributed by atoms with Crippen molar-refractivity contribution in [3.8, 4) is 5.75 Å². The number of nitrogens with one attached hydrogen (secondary N) is 1. The molecule has 2 aliphatic rings. The Balaban J connectivity index is 1.57. The summed E-state index contributed by atoms with van der Waals surface area (Å²) in [6.07, 6.45) is 6.31. The van der Waals surface area contributed by atoms with Crippen LogP contribution in [0.3, 0.4) is 0 Å². The lowest BCUT2D eigenvalue weighted by molar-refractivity contribution is 0.215. The number of piperidine rings is 1. The molecule has 3 rings (SSSR count). The first-order valence-electron chi connectivity index (χ1n) is 6.87. The van der Waals surface area contributed by atoms with Crippen molar-refractivity contribution >= 4 is 0 Å². The second-order valence-electron chi connectivity index (χ2n) is 5.29. The van der Waals surface area contributed by atoms with Crippen LogP contribution in [0.5, 0.6) is 5.75 Å². The van der Waals surface area contributed by atoms with Crippen LogP contribution >= 0.6 is 0 Å². The highest BCUT2D eigenvalue weighted by atomic mass is 16.5. The summed E-state index contributed by atoms with van der Waals surface area (Å²) in [7, 11) is 0. The SMILES string of the molecule is c1cc2c(cc1OCC1CCNCC1)CCC2. The van der Waals surface area contributed by atoms with E-state index in [1.165, 1.54) is 43.2 Å². The van der Waals surface area contributed by atoms with Gasteiger partial charge in [0.1, 0.15) is 5.75 Å². The first kappa shape index (κ1) is 11.1. The van der Waals surface area contributed by atoms with Crippen molar-refractivity contribution in [1.82, 2.24) is 5.32 Å². The molecule has 1 aromatic rings. The molecule has 1 aliphatic heterocycles. The monoisotopic (exact) mass is 231 g/mol. The van der Waals surface area contributed by atoms with E-state index in [1.807, 2.05) is 0 Å². The quantitative estimate of drug-likeness (QED) is 0.863. The number of hydrogen-bond acceptors (Lipinski definition) is 2. The summed E-state index contributed by atoms with van der Waals surface area (Å²) in [5.74, 6) is 1.81. The second kappa shape index (κ2) is 5.09. The van der Waals surface area contributed by atoms with E-state index >= 15 is 0 Å². The first-order valence-corrected chi connectivity index (χ1v) is 6.87. The van der Waals surface area contributed by atoms with E-state index in [1.54, 1.807) is 0 Å². The summed E-state index contributed by atoms with van der Waals surface area (Å²) in [4.78, 5) is 0.